The fourth-order valence-corrected chi connectivity index (χ4v) is 10.1. The van der Waals surface area contributed by atoms with Gasteiger partial charge in [-0.3, -0.25) is 9.80 Å². The number of hydrogen-bond donors (Lipinski definition) is 0. The second-order valence-electron chi connectivity index (χ2n) is 23.3. The molecule has 0 radical (unpaired) electrons. The van der Waals surface area contributed by atoms with Crippen LogP contribution >= 0.6 is 0 Å². The molecule has 1 aromatic heterocycles. The molecule has 4 nitrogen and oxygen atoms in total. The molecule has 2 bridgehead atoms. The smallest absolute Gasteiger partial charge is 0.256 e. The molecule has 2 aliphatic carbocycles. The highest BCUT2D eigenvalue weighted by Crippen LogP contribution is 2.55. The Labute approximate surface area is 350 Å². The Balaban J connectivity index is 1.42. The van der Waals surface area contributed by atoms with Gasteiger partial charge in [0.1, 0.15) is 17.5 Å². The number of benzene rings is 4. The van der Waals surface area contributed by atoms with Gasteiger partial charge in [-0.2, -0.15) is 0 Å². The van der Waals surface area contributed by atoms with Crippen LogP contribution in [0.1, 0.15) is 174 Å². The molecule has 2 aliphatic heterocycles. The van der Waals surface area contributed by atoms with Crippen LogP contribution < -0.4 is 26.2 Å². The molecule has 1 saturated carbocycles. The van der Waals surface area contributed by atoms with Gasteiger partial charge in [0.2, 0.25) is 0 Å². The van der Waals surface area contributed by atoms with Crippen molar-refractivity contribution in [3.63, 3.8) is 0 Å². The molecular weight excluding hydrogens is 703 g/mol. The Hall–Kier alpha value is -4.38. The van der Waals surface area contributed by atoms with Crippen LogP contribution in [-0.2, 0) is 27.1 Å². The van der Waals surface area contributed by atoms with Gasteiger partial charge in [0, 0.05) is 33.6 Å². The molecule has 0 amide bonds. The average Bonchev–Trinajstić information content (AvgIpc) is 3.74. The molecule has 0 N–H and O–H groups in total. The summed E-state index contributed by atoms with van der Waals surface area (Å²) in [5, 5.41) is 0. The van der Waals surface area contributed by atoms with E-state index in [0.717, 1.165) is 23.1 Å². The van der Waals surface area contributed by atoms with E-state index in [9.17, 15) is 0 Å². The maximum absolute atomic E-state index is 5.77. The molecule has 0 saturated heterocycles. The molecule has 1 fully saturated rings. The van der Waals surface area contributed by atoms with E-state index in [0.29, 0.717) is 11.8 Å². The fourth-order valence-electron chi connectivity index (χ4n) is 10.1. The summed E-state index contributed by atoms with van der Waals surface area (Å²) in [4.78, 5) is 16.5. The van der Waals surface area contributed by atoms with Gasteiger partial charge in [-0.05, 0) is 133 Å². The largest absolute Gasteiger partial charge is 0.296 e. The lowest BCUT2D eigenvalue weighted by Gasteiger charge is -2.44. The van der Waals surface area contributed by atoms with Crippen LogP contribution in [0.25, 0.3) is 0 Å². The van der Waals surface area contributed by atoms with Crippen LogP contribution in [0.4, 0.5) is 34.4 Å². The van der Waals surface area contributed by atoms with E-state index >= 15 is 0 Å². The highest BCUT2D eigenvalue weighted by atomic mass is 15.3. The average molecular weight is 769 g/mol. The molecule has 5 heteroatoms. The second-order valence-corrected chi connectivity index (χ2v) is 23.3. The Morgan fingerprint density at radius 3 is 1.47 bits per heavy atom. The minimum absolute atomic E-state index is 0.00928. The van der Waals surface area contributed by atoms with Crippen LogP contribution in [0, 0.1) is 0 Å². The summed E-state index contributed by atoms with van der Waals surface area (Å²) in [6, 6.07) is 29.2. The predicted molar refractivity (Wildman–Crippen MR) is 249 cm³/mol. The predicted octanol–water partition coefficient (Wildman–Crippen LogP) is 12.4. The lowest BCUT2D eigenvalue weighted by molar-refractivity contribution is 0.546. The number of nitrogens with zero attached hydrogens (tertiary/aromatic N) is 4. The van der Waals surface area contributed by atoms with Crippen LogP contribution in [0.2, 0.25) is 0 Å². The molecule has 2 atom stereocenters. The van der Waals surface area contributed by atoms with E-state index in [1.54, 1.807) is 11.1 Å². The first-order valence-corrected chi connectivity index (χ1v) is 22.0. The van der Waals surface area contributed by atoms with Crippen molar-refractivity contribution < 1.29 is 0 Å². The maximum atomic E-state index is 5.77. The van der Waals surface area contributed by atoms with Crippen molar-refractivity contribution in [1.29, 1.82) is 0 Å². The van der Waals surface area contributed by atoms with Gasteiger partial charge in [-0.15, -0.1) is 0 Å². The summed E-state index contributed by atoms with van der Waals surface area (Å²) < 4.78 is 0. The van der Waals surface area contributed by atoms with Crippen molar-refractivity contribution in [2.24, 2.45) is 0 Å². The Bertz CT molecular complexity index is 2440. The Kier molecular flexibility index (Phi) is 8.48. The summed E-state index contributed by atoms with van der Waals surface area (Å²) in [5.74, 6) is 4.17. The number of hydrogen-bond acceptors (Lipinski definition) is 4. The first-order valence-electron chi connectivity index (χ1n) is 22.0. The SMILES string of the molecule is CC(C)(C)c1ccc(N2c3ccc(C(C)(C)C)cc3B3c4cc5c(cc4N(c4cc(C(C)(C)C)cc(C(C)(C)C)c4)c4nc(C(C)(C)C)nc2c43)C2CCC5C2)cc1. The zero-order valence-corrected chi connectivity index (χ0v) is 38.1. The molecule has 4 aliphatic rings. The van der Waals surface area contributed by atoms with E-state index in [1.165, 1.54) is 75.0 Å². The van der Waals surface area contributed by atoms with Crippen LogP contribution in [0.3, 0.4) is 0 Å². The topological polar surface area (TPSA) is 32.3 Å². The molecule has 3 heterocycles. The monoisotopic (exact) mass is 769 g/mol. The number of fused-ring (bicyclic) bond motifs is 9. The number of anilines is 6. The zero-order valence-electron chi connectivity index (χ0n) is 38.1. The standard InChI is InChI=1S/C53H65BN4/c1-49(2,3)33-18-21-37(22-19-33)57-43-23-20-34(50(4,5)6)28-41(43)54-42-29-39-31-16-17-32(24-31)40(39)30-44(42)58(47-45(54)46(57)55-48(56-47)53(13,14)15)38-26-35(51(7,8)9)25-36(27-38)52(10,11)12/h18-23,25-32H,16-17,24H2,1-15H3. The third kappa shape index (κ3) is 6.24. The van der Waals surface area contributed by atoms with Gasteiger partial charge in [-0.25, -0.2) is 9.97 Å². The number of aromatic nitrogens is 2. The molecule has 300 valence electrons. The number of rotatable bonds is 2. The van der Waals surface area contributed by atoms with Gasteiger partial charge in [0.05, 0.1) is 0 Å². The fraction of sp³-hybridized carbons (Fsp3) is 0.472. The molecule has 5 aromatic rings. The highest BCUT2D eigenvalue weighted by Gasteiger charge is 2.48. The van der Waals surface area contributed by atoms with Crippen molar-refractivity contribution in [1.82, 2.24) is 9.97 Å². The van der Waals surface area contributed by atoms with Crippen molar-refractivity contribution in [2.45, 2.75) is 162 Å². The van der Waals surface area contributed by atoms with E-state index in [2.05, 4.69) is 186 Å². The molecule has 0 spiro atoms. The van der Waals surface area contributed by atoms with E-state index in [4.69, 9.17) is 9.97 Å². The summed E-state index contributed by atoms with van der Waals surface area (Å²) in [5.41, 5.74) is 17.0. The summed E-state index contributed by atoms with van der Waals surface area (Å²) in [6.45, 7) is 34.8. The lowest BCUT2D eigenvalue weighted by atomic mass is 9.33. The lowest BCUT2D eigenvalue weighted by Crippen LogP contribution is -2.62. The highest BCUT2D eigenvalue weighted by molar-refractivity contribution is 7.00. The molecule has 2 unspecified atom stereocenters. The summed E-state index contributed by atoms with van der Waals surface area (Å²) >= 11 is 0. The van der Waals surface area contributed by atoms with Crippen molar-refractivity contribution >= 4 is 57.5 Å². The van der Waals surface area contributed by atoms with Gasteiger partial charge in [-0.1, -0.05) is 140 Å². The zero-order chi connectivity index (χ0) is 41.6. The minimum Gasteiger partial charge on any atom is -0.296 e. The quantitative estimate of drug-likeness (QED) is 0.164. The third-order valence-electron chi connectivity index (χ3n) is 13.7. The normalized spacial score (nSPS) is 18.6. The van der Waals surface area contributed by atoms with Crippen molar-refractivity contribution in [3.05, 3.63) is 112 Å². The van der Waals surface area contributed by atoms with Crippen LogP contribution in [-0.4, -0.2) is 16.7 Å². The Morgan fingerprint density at radius 2 is 0.948 bits per heavy atom. The summed E-state index contributed by atoms with van der Waals surface area (Å²) in [7, 11) is 0. The molecule has 4 aromatic carbocycles. The van der Waals surface area contributed by atoms with Crippen molar-refractivity contribution in [3.8, 4) is 0 Å². The summed E-state index contributed by atoms with van der Waals surface area (Å²) in [6.07, 6.45) is 3.88. The Morgan fingerprint density at radius 1 is 0.466 bits per heavy atom. The molecule has 9 rings (SSSR count). The van der Waals surface area contributed by atoms with E-state index in [-0.39, 0.29) is 33.8 Å². The second kappa shape index (κ2) is 12.6. The van der Waals surface area contributed by atoms with Gasteiger partial charge in [0.25, 0.3) is 6.71 Å². The van der Waals surface area contributed by atoms with Gasteiger partial charge in [0.15, 0.2) is 0 Å². The van der Waals surface area contributed by atoms with Crippen LogP contribution in [0.15, 0.2) is 72.8 Å². The minimum atomic E-state index is -0.286. The molecular formula is C53H65BN4. The maximum Gasteiger partial charge on any atom is 0.256 e. The van der Waals surface area contributed by atoms with Gasteiger partial charge < -0.3 is 0 Å². The first-order chi connectivity index (χ1) is 26.9. The van der Waals surface area contributed by atoms with Gasteiger partial charge >= 0.3 is 0 Å². The van der Waals surface area contributed by atoms with E-state index in [1.807, 2.05) is 0 Å². The molecule has 58 heavy (non-hydrogen) atoms. The van der Waals surface area contributed by atoms with Crippen molar-refractivity contribution in [2.75, 3.05) is 9.80 Å². The van der Waals surface area contributed by atoms with Crippen LogP contribution in [0.5, 0.6) is 0 Å². The third-order valence-corrected chi connectivity index (χ3v) is 13.7. The first kappa shape index (κ1) is 39.1. The van der Waals surface area contributed by atoms with E-state index < -0.39 is 0 Å².